The minimum absolute atomic E-state index is 0.0321. The molecule has 6 nitrogen and oxygen atoms in total. The molecule has 3 aromatic rings. The van der Waals surface area contributed by atoms with Crippen molar-refractivity contribution in [3.63, 3.8) is 0 Å². The highest BCUT2D eigenvalue weighted by Crippen LogP contribution is 2.31. The molecule has 0 bridgehead atoms. The van der Waals surface area contributed by atoms with Crippen LogP contribution in [0.15, 0.2) is 72.8 Å². The number of anilines is 1. The van der Waals surface area contributed by atoms with Gasteiger partial charge in [0.25, 0.3) is 0 Å². The number of ether oxygens (including phenoxy) is 1. The largest absolute Gasteiger partial charge is 0.491 e. The van der Waals surface area contributed by atoms with E-state index in [2.05, 4.69) is 34.9 Å². The van der Waals surface area contributed by atoms with E-state index in [9.17, 15) is 5.11 Å². The van der Waals surface area contributed by atoms with Crippen LogP contribution in [0, 0.1) is 18.3 Å². The number of piperazine rings is 1. The molecule has 4 rings (SSSR count). The zero-order valence-corrected chi connectivity index (χ0v) is 22.7. The summed E-state index contributed by atoms with van der Waals surface area (Å²) in [4.78, 5) is 4.45. The Bertz CT molecular complexity index is 1080. The number of aryl methyl sites for hydroxylation is 1. The summed E-state index contributed by atoms with van der Waals surface area (Å²) in [6, 6.07) is 25.0. The van der Waals surface area contributed by atoms with Crippen LogP contribution in [0.5, 0.6) is 5.75 Å². The topological polar surface area (TPSA) is 80.0 Å². The van der Waals surface area contributed by atoms with Gasteiger partial charge in [0, 0.05) is 38.8 Å². The molecule has 1 unspecified atom stereocenters. The number of hydrogen-bond acceptors (Lipinski definition) is 6. The Morgan fingerprint density at radius 2 is 1.62 bits per heavy atom. The van der Waals surface area contributed by atoms with Gasteiger partial charge in [-0.05, 0) is 36.8 Å². The highest BCUT2D eigenvalue weighted by molar-refractivity contribution is 6.33. The summed E-state index contributed by atoms with van der Waals surface area (Å²) in [6.45, 7) is 10.1. The number of aliphatic hydroxyl groups excluding tert-OH is 2. The molecule has 1 heterocycles. The number of nitrogens with zero attached hydrogens (tertiary/aromatic N) is 3. The lowest BCUT2D eigenvalue weighted by Crippen LogP contribution is -2.47. The van der Waals surface area contributed by atoms with Crippen molar-refractivity contribution in [1.29, 1.82) is 5.26 Å². The van der Waals surface area contributed by atoms with E-state index in [4.69, 9.17) is 26.7 Å². The third-order valence-electron chi connectivity index (χ3n) is 5.79. The van der Waals surface area contributed by atoms with Crippen molar-refractivity contribution >= 4 is 17.3 Å². The third-order valence-corrected chi connectivity index (χ3v) is 6.09. The second kappa shape index (κ2) is 16.6. The molecule has 0 saturated carbocycles. The van der Waals surface area contributed by atoms with Crippen molar-refractivity contribution < 1.29 is 14.9 Å². The van der Waals surface area contributed by atoms with E-state index in [-0.39, 0.29) is 13.2 Å². The number of benzene rings is 3. The molecule has 37 heavy (non-hydrogen) atoms. The van der Waals surface area contributed by atoms with Crippen molar-refractivity contribution in [3.8, 4) is 11.8 Å². The zero-order chi connectivity index (χ0) is 27.0. The fourth-order valence-electron chi connectivity index (χ4n) is 3.83. The maximum absolute atomic E-state index is 10.5. The first-order valence-corrected chi connectivity index (χ1v) is 13.1. The van der Waals surface area contributed by atoms with Crippen molar-refractivity contribution in [2.75, 3.05) is 50.8 Å². The predicted octanol–water partition coefficient (Wildman–Crippen LogP) is 5.46. The molecule has 1 atom stereocenters. The molecule has 0 radical (unpaired) electrons. The summed E-state index contributed by atoms with van der Waals surface area (Å²) in [5.41, 5.74) is 3.70. The molecule has 1 fully saturated rings. The van der Waals surface area contributed by atoms with Gasteiger partial charge in [-0.25, -0.2) is 0 Å². The van der Waals surface area contributed by atoms with Crippen LogP contribution in [0.4, 0.5) is 5.69 Å². The second-order valence-electron chi connectivity index (χ2n) is 8.38. The summed E-state index contributed by atoms with van der Waals surface area (Å²) in [7, 11) is 0. The first-order valence-electron chi connectivity index (χ1n) is 12.7. The fourth-order valence-corrected chi connectivity index (χ4v) is 4.12. The van der Waals surface area contributed by atoms with Gasteiger partial charge in [-0.3, -0.25) is 4.90 Å². The third kappa shape index (κ3) is 10.1. The van der Waals surface area contributed by atoms with Gasteiger partial charge in [-0.1, -0.05) is 73.5 Å². The lowest BCUT2D eigenvalue weighted by atomic mass is 10.1. The quantitative estimate of drug-likeness (QED) is 0.428. The fraction of sp³-hybridized carbons (Fsp3) is 0.367. The zero-order valence-electron chi connectivity index (χ0n) is 22.0. The van der Waals surface area contributed by atoms with Gasteiger partial charge in [-0.2, -0.15) is 5.26 Å². The van der Waals surface area contributed by atoms with Crippen LogP contribution in [-0.2, 0) is 0 Å². The molecule has 0 aromatic heterocycles. The Labute approximate surface area is 226 Å². The molecule has 1 saturated heterocycles. The van der Waals surface area contributed by atoms with E-state index in [1.54, 1.807) is 30.3 Å². The molecule has 3 aromatic carbocycles. The Balaban J connectivity index is 0.000000455. The van der Waals surface area contributed by atoms with E-state index in [0.717, 1.165) is 37.4 Å². The van der Waals surface area contributed by atoms with E-state index < -0.39 is 6.10 Å². The molecule has 0 aliphatic carbocycles. The van der Waals surface area contributed by atoms with Gasteiger partial charge in [0.05, 0.1) is 35.1 Å². The number of β-amino-alcohol motifs (C(OH)–C–C–N with tert-alkyl or cyclic N) is 1. The van der Waals surface area contributed by atoms with E-state index in [1.165, 1.54) is 5.56 Å². The molecule has 0 amide bonds. The molecular formula is C30H38ClN3O3. The van der Waals surface area contributed by atoms with Crippen LogP contribution in [0.25, 0.3) is 0 Å². The molecule has 2 N–H and O–H groups in total. The van der Waals surface area contributed by atoms with Gasteiger partial charge in [-0.15, -0.1) is 0 Å². The van der Waals surface area contributed by atoms with Crippen LogP contribution < -0.4 is 9.64 Å². The van der Waals surface area contributed by atoms with Crippen LogP contribution in [0.1, 0.15) is 36.6 Å². The van der Waals surface area contributed by atoms with Gasteiger partial charge in [0.1, 0.15) is 12.4 Å². The molecular weight excluding hydrogens is 486 g/mol. The summed E-state index contributed by atoms with van der Waals surface area (Å²) in [5, 5.41) is 28.8. The maximum Gasteiger partial charge on any atom is 0.121 e. The van der Waals surface area contributed by atoms with E-state index in [1.807, 2.05) is 44.2 Å². The standard InChI is InChI=1S/C21H24ClN3O3.C7H8.C2H6/c22-19-13-18(28-12-11-26)5-6-20(19)25-9-7-24(8-10-25)15-21(27)17-3-1-16(14-23)2-4-17;1-7-5-3-2-4-6-7;1-2/h1-6,13,21,26-27H,7-12,15H2;2-6H,1H3;1-2H3. The monoisotopic (exact) mass is 523 g/mol. The van der Waals surface area contributed by atoms with Gasteiger partial charge in [0.15, 0.2) is 0 Å². The normalized spacial score (nSPS) is 13.8. The van der Waals surface area contributed by atoms with Crippen LogP contribution in [0.2, 0.25) is 5.02 Å². The summed E-state index contributed by atoms with van der Waals surface area (Å²) < 4.78 is 5.39. The first-order chi connectivity index (χ1) is 18.0. The number of hydrogen-bond donors (Lipinski definition) is 2. The van der Waals surface area contributed by atoms with Crippen molar-refractivity contribution in [2.45, 2.75) is 26.9 Å². The number of aliphatic hydroxyl groups is 2. The van der Waals surface area contributed by atoms with Crippen LogP contribution >= 0.6 is 11.6 Å². The Kier molecular flexibility index (Phi) is 13.5. The summed E-state index contributed by atoms with van der Waals surface area (Å²) in [5.74, 6) is 0.645. The second-order valence-corrected chi connectivity index (χ2v) is 8.78. The highest BCUT2D eigenvalue weighted by Gasteiger charge is 2.21. The van der Waals surface area contributed by atoms with Gasteiger partial charge in [0.2, 0.25) is 0 Å². The molecule has 0 spiro atoms. The first kappa shape index (κ1) is 30.1. The average molecular weight is 524 g/mol. The molecule has 1 aliphatic heterocycles. The smallest absolute Gasteiger partial charge is 0.121 e. The van der Waals surface area contributed by atoms with Crippen LogP contribution in [-0.4, -0.2) is 61.1 Å². The van der Waals surface area contributed by atoms with Crippen LogP contribution in [0.3, 0.4) is 0 Å². The Morgan fingerprint density at radius 3 is 2.14 bits per heavy atom. The molecule has 1 aliphatic rings. The highest BCUT2D eigenvalue weighted by atomic mass is 35.5. The minimum Gasteiger partial charge on any atom is -0.491 e. The lowest BCUT2D eigenvalue weighted by Gasteiger charge is -2.37. The SMILES string of the molecule is CC.Cc1ccccc1.N#Cc1ccc(C(O)CN2CCN(c3ccc(OCCO)cc3Cl)CC2)cc1. The molecule has 198 valence electrons. The Hall–Kier alpha value is -3.08. The van der Waals surface area contributed by atoms with Crippen molar-refractivity contribution in [3.05, 3.63) is 94.5 Å². The van der Waals surface area contributed by atoms with Gasteiger partial charge >= 0.3 is 0 Å². The Morgan fingerprint density at radius 1 is 0.973 bits per heavy atom. The average Bonchev–Trinajstić information content (AvgIpc) is 2.94. The summed E-state index contributed by atoms with van der Waals surface area (Å²) >= 11 is 6.41. The summed E-state index contributed by atoms with van der Waals surface area (Å²) in [6.07, 6.45) is -0.578. The maximum atomic E-state index is 10.5. The van der Waals surface area contributed by atoms with Crippen molar-refractivity contribution in [2.24, 2.45) is 0 Å². The number of nitriles is 1. The predicted molar refractivity (Wildman–Crippen MR) is 151 cm³/mol. The van der Waals surface area contributed by atoms with Gasteiger partial charge < -0.3 is 19.8 Å². The number of halogens is 1. The van der Waals surface area contributed by atoms with E-state index >= 15 is 0 Å². The lowest BCUT2D eigenvalue weighted by molar-refractivity contribution is 0.109. The number of rotatable bonds is 7. The minimum atomic E-state index is -0.578. The molecule has 7 heteroatoms. The van der Waals surface area contributed by atoms with Crippen molar-refractivity contribution in [1.82, 2.24) is 4.90 Å². The van der Waals surface area contributed by atoms with E-state index in [0.29, 0.717) is 22.9 Å².